The van der Waals surface area contributed by atoms with Crippen LogP contribution in [0.4, 0.5) is 0 Å². The Morgan fingerprint density at radius 1 is 0.964 bits per heavy atom. The van der Waals surface area contributed by atoms with Crippen LogP contribution in [-0.2, 0) is 21.2 Å². The number of nitrogens with zero attached hydrogens (tertiary/aromatic N) is 2. The lowest BCUT2D eigenvalue weighted by Crippen LogP contribution is -2.51. The van der Waals surface area contributed by atoms with Crippen molar-refractivity contribution in [3.8, 4) is 5.75 Å². The van der Waals surface area contributed by atoms with E-state index in [0.29, 0.717) is 23.7 Å². The highest BCUT2D eigenvalue weighted by Gasteiger charge is 2.30. The number of aryl methyl sites for hydroxylation is 1. The first-order valence-electron chi connectivity index (χ1n) is 9.55. The van der Waals surface area contributed by atoms with Crippen molar-refractivity contribution in [2.24, 2.45) is 0 Å². The molecule has 0 saturated carbocycles. The molecule has 1 saturated heterocycles. The normalized spacial score (nSPS) is 15.4. The standard InChI is InChI=1S/C21H26N2O4S/c1-2-6-18-9-11-20(12-10-18)28(25,26)23-15-13-22(14-16-23)21(24)17-27-19-7-4-3-5-8-19/h3-5,7-12H,2,6,13-17H2,1H3. The maximum atomic E-state index is 12.8. The number of sulfonamides is 1. The molecule has 1 aliphatic rings. The van der Waals surface area contributed by atoms with Crippen molar-refractivity contribution in [2.75, 3.05) is 32.8 Å². The first-order valence-corrected chi connectivity index (χ1v) is 11.0. The van der Waals surface area contributed by atoms with Gasteiger partial charge in [0.15, 0.2) is 6.61 Å². The van der Waals surface area contributed by atoms with E-state index in [2.05, 4.69) is 6.92 Å². The van der Waals surface area contributed by atoms with Gasteiger partial charge in [0, 0.05) is 26.2 Å². The highest BCUT2D eigenvalue weighted by molar-refractivity contribution is 7.89. The van der Waals surface area contributed by atoms with E-state index in [1.807, 2.05) is 30.3 Å². The number of hydrogen-bond acceptors (Lipinski definition) is 4. The van der Waals surface area contributed by atoms with Gasteiger partial charge in [-0.05, 0) is 36.2 Å². The largest absolute Gasteiger partial charge is 0.484 e. The van der Waals surface area contributed by atoms with Crippen molar-refractivity contribution in [3.05, 3.63) is 60.2 Å². The van der Waals surface area contributed by atoms with E-state index in [1.165, 1.54) is 4.31 Å². The summed E-state index contributed by atoms with van der Waals surface area (Å²) in [4.78, 5) is 14.3. The van der Waals surface area contributed by atoms with Gasteiger partial charge in [-0.3, -0.25) is 4.79 Å². The molecule has 0 atom stereocenters. The van der Waals surface area contributed by atoms with Gasteiger partial charge in [0.2, 0.25) is 10.0 Å². The van der Waals surface area contributed by atoms with Gasteiger partial charge in [0.25, 0.3) is 5.91 Å². The van der Waals surface area contributed by atoms with Crippen molar-refractivity contribution < 1.29 is 17.9 Å². The second-order valence-corrected chi connectivity index (χ2v) is 8.72. The summed E-state index contributed by atoms with van der Waals surface area (Å²) in [7, 11) is -3.53. The lowest BCUT2D eigenvalue weighted by Gasteiger charge is -2.34. The van der Waals surface area contributed by atoms with Gasteiger partial charge >= 0.3 is 0 Å². The quantitative estimate of drug-likeness (QED) is 0.714. The Labute approximate surface area is 166 Å². The van der Waals surface area contributed by atoms with Gasteiger partial charge in [-0.15, -0.1) is 0 Å². The first kappa shape index (κ1) is 20.4. The van der Waals surface area contributed by atoms with Crippen LogP contribution in [0.5, 0.6) is 5.75 Å². The van der Waals surface area contributed by atoms with Gasteiger partial charge in [0.1, 0.15) is 5.75 Å². The summed E-state index contributed by atoms with van der Waals surface area (Å²) in [6.07, 6.45) is 1.96. The van der Waals surface area contributed by atoms with E-state index in [-0.39, 0.29) is 25.6 Å². The number of piperazine rings is 1. The Bertz CT molecular complexity index is 874. The van der Waals surface area contributed by atoms with Crippen molar-refractivity contribution >= 4 is 15.9 Å². The topological polar surface area (TPSA) is 66.9 Å². The number of hydrogen-bond donors (Lipinski definition) is 0. The molecule has 6 nitrogen and oxygen atoms in total. The number of amides is 1. The smallest absolute Gasteiger partial charge is 0.260 e. The second kappa shape index (κ2) is 9.21. The van der Waals surface area contributed by atoms with Gasteiger partial charge < -0.3 is 9.64 Å². The molecule has 150 valence electrons. The third kappa shape index (κ3) is 4.91. The van der Waals surface area contributed by atoms with E-state index in [0.717, 1.165) is 18.4 Å². The van der Waals surface area contributed by atoms with E-state index >= 15 is 0 Å². The monoisotopic (exact) mass is 402 g/mol. The maximum Gasteiger partial charge on any atom is 0.260 e. The number of para-hydroxylation sites is 1. The zero-order valence-corrected chi connectivity index (χ0v) is 16.9. The zero-order valence-electron chi connectivity index (χ0n) is 16.1. The number of ether oxygens (including phenoxy) is 1. The summed E-state index contributed by atoms with van der Waals surface area (Å²) >= 11 is 0. The fourth-order valence-electron chi connectivity index (χ4n) is 3.20. The predicted molar refractivity (Wildman–Crippen MR) is 108 cm³/mol. The maximum absolute atomic E-state index is 12.8. The van der Waals surface area contributed by atoms with Gasteiger partial charge in [0.05, 0.1) is 4.90 Å². The Morgan fingerprint density at radius 2 is 1.61 bits per heavy atom. The average molecular weight is 403 g/mol. The fourth-order valence-corrected chi connectivity index (χ4v) is 4.62. The molecule has 0 unspecified atom stereocenters. The Balaban J connectivity index is 1.54. The van der Waals surface area contributed by atoms with Crippen LogP contribution in [0, 0.1) is 0 Å². The summed E-state index contributed by atoms with van der Waals surface area (Å²) in [5, 5.41) is 0. The van der Waals surface area contributed by atoms with E-state index < -0.39 is 10.0 Å². The van der Waals surface area contributed by atoms with Crippen LogP contribution < -0.4 is 4.74 Å². The van der Waals surface area contributed by atoms with E-state index in [4.69, 9.17) is 4.74 Å². The molecular weight excluding hydrogens is 376 g/mol. The summed E-state index contributed by atoms with van der Waals surface area (Å²) in [5.41, 5.74) is 1.13. The number of rotatable bonds is 7. The molecule has 7 heteroatoms. The van der Waals surface area contributed by atoms with E-state index in [9.17, 15) is 13.2 Å². The SMILES string of the molecule is CCCc1ccc(S(=O)(=O)N2CCN(C(=O)COc3ccccc3)CC2)cc1. The van der Waals surface area contributed by atoms with Crippen LogP contribution in [0.3, 0.4) is 0 Å². The molecule has 0 N–H and O–H groups in total. The molecule has 0 bridgehead atoms. The molecule has 2 aromatic carbocycles. The van der Waals surface area contributed by atoms with Gasteiger partial charge in [-0.25, -0.2) is 8.42 Å². The molecular formula is C21H26N2O4S. The first-order chi connectivity index (χ1) is 13.5. The van der Waals surface area contributed by atoms with Gasteiger partial charge in [-0.1, -0.05) is 43.7 Å². The van der Waals surface area contributed by atoms with Crippen molar-refractivity contribution in [1.82, 2.24) is 9.21 Å². The summed E-state index contributed by atoms with van der Waals surface area (Å²) in [5.74, 6) is 0.508. The lowest BCUT2D eigenvalue weighted by atomic mass is 10.1. The van der Waals surface area contributed by atoms with Crippen LogP contribution in [0.15, 0.2) is 59.5 Å². The highest BCUT2D eigenvalue weighted by atomic mass is 32.2. The average Bonchev–Trinajstić information content (AvgIpc) is 2.73. The van der Waals surface area contributed by atoms with Crippen LogP contribution in [0.1, 0.15) is 18.9 Å². The molecule has 0 spiro atoms. The summed E-state index contributed by atoms with van der Waals surface area (Å²) in [6.45, 7) is 3.35. The number of carbonyl (C=O) groups is 1. The van der Waals surface area contributed by atoms with Gasteiger partial charge in [-0.2, -0.15) is 4.31 Å². The summed E-state index contributed by atoms with van der Waals surface area (Å²) < 4.78 is 32.6. The van der Waals surface area contributed by atoms with Crippen LogP contribution in [0.25, 0.3) is 0 Å². The third-order valence-electron chi connectivity index (χ3n) is 4.80. The number of benzene rings is 2. The Hall–Kier alpha value is -2.38. The molecule has 0 radical (unpaired) electrons. The minimum absolute atomic E-state index is 0.0460. The third-order valence-corrected chi connectivity index (χ3v) is 6.71. The van der Waals surface area contributed by atoms with Crippen molar-refractivity contribution in [1.29, 1.82) is 0 Å². The lowest BCUT2D eigenvalue weighted by molar-refractivity contribution is -0.134. The molecule has 1 heterocycles. The molecule has 0 aromatic heterocycles. The Kier molecular flexibility index (Phi) is 6.70. The van der Waals surface area contributed by atoms with E-state index in [1.54, 1.807) is 29.2 Å². The Morgan fingerprint density at radius 3 is 2.21 bits per heavy atom. The van der Waals surface area contributed by atoms with Crippen LogP contribution >= 0.6 is 0 Å². The molecule has 28 heavy (non-hydrogen) atoms. The minimum atomic E-state index is -3.53. The zero-order chi connectivity index (χ0) is 20.0. The van der Waals surface area contributed by atoms with Crippen molar-refractivity contribution in [3.63, 3.8) is 0 Å². The molecule has 1 amide bonds. The highest BCUT2D eigenvalue weighted by Crippen LogP contribution is 2.19. The fraction of sp³-hybridized carbons (Fsp3) is 0.381. The molecule has 2 aromatic rings. The van der Waals surface area contributed by atoms with Crippen LogP contribution in [-0.4, -0.2) is 56.3 Å². The second-order valence-electron chi connectivity index (χ2n) is 6.78. The minimum Gasteiger partial charge on any atom is -0.484 e. The predicted octanol–water partition coefficient (Wildman–Crippen LogP) is 2.55. The summed E-state index contributed by atoms with van der Waals surface area (Å²) in [6, 6.07) is 16.3. The molecule has 3 rings (SSSR count). The van der Waals surface area contributed by atoms with Crippen molar-refractivity contribution in [2.45, 2.75) is 24.7 Å². The number of carbonyl (C=O) groups excluding carboxylic acids is 1. The molecule has 0 aliphatic carbocycles. The van der Waals surface area contributed by atoms with Crippen LogP contribution in [0.2, 0.25) is 0 Å². The molecule has 1 fully saturated rings. The molecule has 1 aliphatic heterocycles.